The predicted molar refractivity (Wildman–Crippen MR) is 36.7 cm³/mol. The van der Waals surface area contributed by atoms with Gasteiger partial charge in [0.05, 0.1) is 18.3 Å². The fraction of sp³-hybridized carbons (Fsp3) is 1.00. The summed E-state index contributed by atoms with van der Waals surface area (Å²) >= 11 is 0. The highest BCUT2D eigenvalue weighted by Gasteiger charge is 2.41. The Labute approximate surface area is 60.6 Å². The fourth-order valence-electron chi connectivity index (χ4n) is 1.43. The zero-order chi connectivity index (χ0) is 7.78. The Hall–Kier alpha value is -0.120. The molecule has 3 heteroatoms. The molecule has 0 aromatic heterocycles. The molecule has 0 amide bonds. The van der Waals surface area contributed by atoms with Crippen molar-refractivity contribution < 1.29 is 14.9 Å². The lowest BCUT2D eigenvalue weighted by molar-refractivity contribution is -0.0601. The second-order valence-electron chi connectivity index (χ2n) is 3.18. The van der Waals surface area contributed by atoms with Gasteiger partial charge >= 0.3 is 0 Å². The summed E-state index contributed by atoms with van der Waals surface area (Å²) in [5.74, 6) is 0. The van der Waals surface area contributed by atoms with Gasteiger partial charge in [0.15, 0.2) is 0 Å². The zero-order valence-electron chi connectivity index (χ0n) is 6.37. The standard InChI is InChI=1S/C7H14O3/c1-5-3-7(2,9)6(4-8)10-5/h5-6,8-9H,3-4H2,1-2H3/t5-,6+,7-/m0/s1. The van der Waals surface area contributed by atoms with Crippen LogP contribution in [0.25, 0.3) is 0 Å². The Bertz CT molecular complexity index is 122. The second-order valence-corrected chi connectivity index (χ2v) is 3.18. The van der Waals surface area contributed by atoms with E-state index in [-0.39, 0.29) is 12.7 Å². The topological polar surface area (TPSA) is 49.7 Å². The van der Waals surface area contributed by atoms with Crippen LogP contribution in [0, 0.1) is 0 Å². The van der Waals surface area contributed by atoms with Crippen molar-refractivity contribution in [3.63, 3.8) is 0 Å². The van der Waals surface area contributed by atoms with Gasteiger partial charge < -0.3 is 14.9 Å². The molecule has 1 aliphatic rings. The van der Waals surface area contributed by atoms with E-state index in [2.05, 4.69) is 0 Å². The molecule has 0 unspecified atom stereocenters. The quantitative estimate of drug-likeness (QED) is 0.543. The third-order valence-corrected chi connectivity index (χ3v) is 1.96. The third-order valence-electron chi connectivity index (χ3n) is 1.96. The number of aliphatic hydroxyl groups excluding tert-OH is 1. The van der Waals surface area contributed by atoms with Crippen LogP contribution in [0.4, 0.5) is 0 Å². The van der Waals surface area contributed by atoms with Gasteiger partial charge in [-0.1, -0.05) is 0 Å². The average Bonchev–Trinajstić information content (AvgIpc) is 2.04. The third kappa shape index (κ3) is 1.31. The molecule has 0 spiro atoms. The van der Waals surface area contributed by atoms with E-state index < -0.39 is 11.7 Å². The number of aliphatic hydroxyl groups is 2. The van der Waals surface area contributed by atoms with Gasteiger partial charge in [0.25, 0.3) is 0 Å². The number of hydrogen-bond donors (Lipinski definition) is 2. The molecule has 3 nitrogen and oxygen atoms in total. The summed E-state index contributed by atoms with van der Waals surface area (Å²) in [5.41, 5.74) is -0.839. The summed E-state index contributed by atoms with van der Waals surface area (Å²) in [5, 5.41) is 18.3. The van der Waals surface area contributed by atoms with Crippen molar-refractivity contribution in [3.8, 4) is 0 Å². The highest BCUT2D eigenvalue weighted by molar-refractivity contribution is 4.90. The highest BCUT2D eigenvalue weighted by Crippen LogP contribution is 2.29. The smallest absolute Gasteiger partial charge is 0.109 e. The lowest BCUT2D eigenvalue weighted by Crippen LogP contribution is -2.37. The molecule has 1 saturated heterocycles. The molecule has 0 bridgehead atoms. The van der Waals surface area contributed by atoms with E-state index >= 15 is 0 Å². The maximum atomic E-state index is 9.54. The van der Waals surface area contributed by atoms with Gasteiger partial charge in [0.2, 0.25) is 0 Å². The number of rotatable bonds is 1. The largest absolute Gasteiger partial charge is 0.394 e. The Morgan fingerprint density at radius 2 is 2.30 bits per heavy atom. The minimum Gasteiger partial charge on any atom is -0.394 e. The van der Waals surface area contributed by atoms with E-state index in [4.69, 9.17) is 9.84 Å². The van der Waals surface area contributed by atoms with Crippen LogP contribution in [0.15, 0.2) is 0 Å². The molecule has 0 aromatic rings. The molecule has 1 aliphatic heterocycles. The second kappa shape index (κ2) is 2.49. The van der Waals surface area contributed by atoms with Crippen LogP contribution >= 0.6 is 0 Å². The maximum Gasteiger partial charge on any atom is 0.109 e. The Morgan fingerprint density at radius 3 is 2.50 bits per heavy atom. The van der Waals surface area contributed by atoms with Crippen molar-refractivity contribution in [1.29, 1.82) is 0 Å². The molecule has 3 atom stereocenters. The van der Waals surface area contributed by atoms with Crippen LogP contribution in [0.3, 0.4) is 0 Å². The molecule has 10 heavy (non-hydrogen) atoms. The summed E-state index contributed by atoms with van der Waals surface area (Å²) in [6, 6.07) is 0. The minimum absolute atomic E-state index is 0.0622. The zero-order valence-corrected chi connectivity index (χ0v) is 6.37. The van der Waals surface area contributed by atoms with Crippen molar-refractivity contribution in [3.05, 3.63) is 0 Å². The Morgan fingerprint density at radius 1 is 1.70 bits per heavy atom. The summed E-state index contributed by atoms with van der Waals surface area (Å²) in [4.78, 5) is 0. The highest BCUT2D eigenvalue weighted by atomic mass is 16.5. The molecule has 0 aromatic carbocycles. The van der Waals surface area contributed by atoms with Gasteiger partial charge in [-0.2, -0.15) is 0 Å². The fourth-order valence-corrected chi connectivity index (χ4v) is 1.43. The van der Waals surface area contributed by atoms with Crippen molar-refractivity contribution in [1.82, 2.24) is 0 Å². The normalized spacial score (nSPS) is 48.0. The van der Waals surface area contributed by atoms with Crippen LogP contribution < -0.4 is 0 Å². The molecule has 2 N–H and O–H groups in total. The van der Waals surface area contributed by atoms with Gasteiger partial charge in [0.1, 0.15) is 6.10 Å². The van der Waals surface area contributed by atoms with E-state index in [1.165, 1.54) is 0 Å². The van der Waals surface area contributed by atoms with Crippen molar-refractivity contribution >= 4 is 0 Å². The van der Waals surface area contributed by atoms with Gasteiger partial charge in [0, 0.05) is 6.42 Å². The molecule has 0 radical (unpaired) electrons. The van der Waals surface area contributed by atoms with E-state index in [0.717, 1.165) is 0 Å². The molecule has 0 saturated carbocycles. The summed E-state index contributed by atoms with van der Waals surface area (Å²) in [6.07, 6.45) is 0.271. The lowest BCUT2D eigenvalue weighted by atomic mass is 9.97. The van der Waals surface area contributed by atoms with Gasteiger partial charge in [-0.05, 0) is 13.8 Å². The molecule has 1 rings (SSSR count). The first-order chi connectivity index (χ1) is 4.56. The molecule has 0 aliphatic carbocycles. The van der Waals surface area contributed by atoms with E-state index in [1.54, 1.807) is 6.92 Å². The van der Waals surface area contributed by atoms with Gasteiger partial charge in [-0.15, -0.1) is 0 Å². The summed E-state index contributed by atoms with van der Waals surface area (Å²) in [7, 11) is 0. The van der Waals surface area contributed by atoms with Crippen LogP contribution in [0.2, 0.25) is 0 Å². The first-order valence-corrected chi connectivity index (χ1v) is 3.55. The van der Waals surface area contributed by atoms with Gasteiger partial charge in [-0.3, -0.25) is 0 Å². The maximum absolute atomic E-state index is 9.54. The molecular weight excluding hydrogens is 132 g/mol. The van der Waals surface area contributed by atoms with Crippen LogP contribution in [-0.2, 0) is 4.74 Å². The Balaban J connectivity index is 2.58. The van der Waals surface area contributed by atoms with Crippen molar-refractivity contribution in [2.75, 3.05) is 6.61 Å². The van der Waals surface area contributed by atoms with Crippen LogP contribution in [0.5, 0.6) is 0 Å². The molecule has 60 valence electrons. The monoisotopic (exact) mass is 146 g/mol. The van der Waals surface area contributed by atoms with E-state index in [1.807, 2.05) is 6.92 Å². The van der Waals surface area contributed by atoms with Crippen molar-refractivity contribution in [2.24, 2.45) is 0 Å². The van der Waals surface area contributed by atoms with E-state index in [9.17, 15) is 5.11 Å². The lowest BCUT2D eigenvalue weighted by Gasteiger charge is -2.21. The van der Waals surface area contributed by atoms with Crippen molar-refractivity contribution in [2.45, 2.75) is 38.1 Å². The minimum atomic E-state index is -0.839. The predicted octanol–water partition coefficient (Wildman–Crippen LogP) is -0.0929. The molecule has 1 fully saturated rings. The van der Waals surface area contributed by atoms with Gasteiger partial charge in [-0.25, -0.2) is 0 Å². The molecular formula is C7H14O3. The molecule has 1 heterocycles. The average molecular weight is 146 g/mol. The summed E-state index contributed by atoms with van der Waals surface area (Å²) < 4.78 is 5.23. The first kappa shape index (κ1) is 7.98. The van der Waals surface area contributed by atoms with Crippen LogP contribution in [-0.4, -0.2) is 34.6 Å². The van der Waals surface area contributed by atoms with Crippen LogP contribution in [0.1, 0.15) is 20.3 Å². The first-order valence-electron chi connectivity index (χ1n) is 3.55. The SMILES string of the molecule is C[C@H]1C[C@](C)(O)[C@@H](CO)O1. The van der Waals surface area contributed by atoms with E-state index in [0.29, 0.717) is 6.42 Å². The number of ether oxygens (including phenoxy) is 1. The number of hydrogen-bond acceptors (Lipinski definition) is 3. The Kier molecular flexibility index (Phi) is 1.99. The summed E-state index contributed by atoms with van der Waals surface area (Å²) in [6.45, 7) is 3.48.